The van der Waals surface area contributed by atoms with Crippen LogP contribution in [0.2, 0.25) is 0 Å². The van der Waals surface area contributed by atoms with Crippen LogP contribution in [0.15, 0.2) is 0 Å². The molecular formula is C30H57ClNO12P. The van der Waals surface area contributed by atoms with Crippen LogP contribution >= 0.6 is 19.4 Å². The topological polar surface area (TPSA) is 164 Å². The predicted molar refractivity (Wildman–Crippen MR) is 168 cm³/mol. The van der Waals surface area contributed by atoms with Gasteiger partial charge in [-0.15, -0.1) is 11.6 Å². The highest BCUT2D eigenvalue weighted by atomic mass is 35.5. The number of halogens is 1. The van der Waals surface area contributed by atoms with Gasteiger partial charge in [0.1, 0.15) is 37.8 Å². The number of esters is 4. The number of nitrogens with zero attached hydrogens (tertiary/aromatic N) is 1. The van der Waals surface area contributed by atoms with Crippen molar-refractivity contribution in [2.75, 3.05) is 67.8 Å². The van der Waals surface area contributed by atoms with Crippen molar-refractivity contribution >= 4 is 43.3 Å². The monoisotopic (exact) mass is 689 g/mol. The molecular weight excluding hydrogens is 633 g/mol. The minimum atomic E-state index is -4.53. The van der Waals surface area contributed by atoms with Crippen molar-refractivity contribution < 1.29 is 61.1 Å². The average Bonchev–Trinajstić information content (AvgIpc) is 2.91. The molecule has 0 heterocycles. The normalized spacial score (nSPS) is 15.0. The molecule has 0 aromatic heterocycles. The Morgan fingerprint density at radius 3 is 1.44 bits per heavy atom. The van der Waals surface area contributed by atoms with E-state index in [4.69, 9.17) is 30.3 Å². The molecule has 0 aliphatic heterocycles. The summed E-state index contributed by atoms with van der Waals surface area (Å²) in [6, 6.07) is 0. The van der Waals surface area contributed by atoms with Crippen LogP contribution in [0, 0.1) is 16.2 Å². The van der Waals surface area contributed by atoms with Gasteiger partial charge < -0.3 is 37.4 Å². The summed E-state index contributed by atoms with van der Waals surface area (Å²) in [4.78, 5) is 57.9. The maximum Gasteiger partial charge on any atom is 0.327 e. The van der Waals surface area contributed by atoms with E-state index >= 15 is 0 Å². The fraction of sp³-hybridized carbons (Fsp3) is 0.867. The maximum absolute atomic E-state index is 12.5. The van der Waals surface area contributed by atoms with Crippen LogP contribution in [0.4, 0.5) is 0 Å². The van der Waals surface area contributed by atoms with E-state index in [0.29, 0.717) is 17.4 Å². The number of alkyl halides is 1. The number of carbonyl (C=O) groups is 4. The Balaban J connectivity index is 0. The number of carbonyl (C=O) groups excluding carboxylic acids is 4. The van der Waals surface area contributed by atoms with Crippen LogP contribution < -0.4 is 4.89 Å². The first kappa shape index (κ1) is 45.4. The lowest BCUT2D eigenvalue weighted by Crippen LogP contribution is -2.40. The van der Waals surface area contributed by atoms with E-state index in [1.54, 1.807) is 27.7 Å². The van der Waals surface area contributed by atoms with Crippen LogP contribution in [0.1, 0.15) is 81.6 Å². The van der Waals surface area contributed by atoms with Gasteiger partial charge in [0.15, 0.2) is 0 Å². The maximum atomic E-state index is 12.5. The number of hydrogen-bond acceptors (Lipinski definition) is 12. The molecule has 266 valence electrons. The van der Waals surface area contributed by atoms with Crippen molar-refractivity contribution in [3.05, 3.63) is 0 Å². The molecule has 0 aromatic rings. The quantitative estimate of drug-likeness (QED) is 0.0473. The third kappa shape index (κ3) is 19.5. The third-order valence-electron chi connectivity index (χ3n) is 6.94. The second-order valence-electron chi connectivity index (χ2n) is 13.8. The number of ether oxygens (including phenoxy) is 4. The van der Waals surface area contributed by atoms with Crippen LogP contribution in [-0.2, 0) is 51.7 Å². The lowest BCUT2D eigenvalue weighted by molar-refractivity contribution is -0.870. The highest BCUT2D eigenvalue weighted by molar-refractivity contribution is 7.45. The zero-order valence-electron chi connectivity index (χ0n) is 29.5. The molecule has 0 amide bonds. The fourth-order valence-electron chi connectivity index (χ4n) is 3.10. The molecule has 0 aliphatic carbocycles. The number of methoxy groups -OCH3 is 1. The summed E-state index contributed by atoms with van der Waals surface area (Å²) in [5, 5.41) is 0. The Morgan fingerprint density at radius 2 is 1.04 bits per heavy atom. The summed E-state index contributed by atoms with van der Waals surface area (Å²) in [7, 11) is 2.54. The van der Waals surface area contributed by atoms with Gasteiger partial charge >= 0.3 is 23.9 Å². The summed E-state index contributed by atoms with van der Waals surface area (Å²) in [5.41, 5.74) is -2.10. The zero-order valence-corrected chi connectivity index (χ0v) is 31.2. The van der Waals surface area contributed by atoms with Crippen molar-refractivity contribution in [3.8, 4) is 0 Å². The van der Waals surface area contributed by atoms with Crippen LogP contribution in [0.25, 0.3) is 0 Å². The summed E-state index contributed by atoms with van der Waals surface area (Å²) < 4.78 is 41.6. The van der Waals surface area contributed by atoms with Crippen molar-refractivity contribution in [1.29, 1.82) is 0 Å². The highest BCUT2D eigenvalue weighted by Gasteiger charge is 2.43. The first-order valence-electron chi connectivity index (χ1n) is 14.9. The molecule has 0 spiro atoms. The van der Waals surface area contributed by atoms with Crippen molar-refractivity contribution in [1.82, 2.24) is 0 Å². The van der Waals surface area contributed by atoms with Gasteiger partial charge in [-0.3, -0.25) is 23.7 Å². The molecule has 0 aliphatic rings. The molecule has 0 saturated heterocycles. The molecule has 2 atom stereocenters. The summed E-state index contributed by atoms with van der Waals surface area (Å²) in [6.07, 6.45) is 1.30. The summed E-state index contributed by atoms with van der Waals surface area (Å²) in [5.74, 6) is -2.00. The van der Waals surface area contributed by atoms with E-state index in [-0.39, 0.29) is 50.2 Å². The average molecular weight is 690 g/mol. The van der Waals surface area contributed by atoms with E-state index in [0.717, 1.165) is 6.42 Å². The van der Waals surface area contributed by atoms with Gasteiger partial charge in [0.2, 0.25) is 0 Å². The minimum Gasteiger partial charge on any atom is -0.756 e. The van der Waals surface area contributed by atoms with Gasteiger partial charge in [0, 0.05) is 0 Å². The zero-order chi connectivity index (χ0) is 35.9. The smallest absolute Gasteiger partial charge is 0.327 e. The molecule has 0 fully saturated rings. The number of phosphoric ester groups is 1. The third-order valence-corrected chi connectivity index (χ3v) is 8.22. The molecule has 0 N–H and O–H groups in total. The van der Waals surface area contributed by atoms with E-state index < -0.39 is 42.1 Å². The van der Waals surface area contributed by atoms with Gasteiger partial charge in [-0.1, -0.05) is 13.8 Å². The number of phosphoric acid groups is 1. The molecule has 0 radical (unpaired) electrons. The second-order valence-corrected chi connectivity index (χ2v) is 16.0. The molecule has 0 aromatic carbocycles. The highest BCUT2D eigenvalue weighted by Crippen LogP contribution is 2.38. The molecule has 0 saturated carbocycles. The Bertz CT molecular complexity index is 1010. The molecule has 45 heavy (non-hydrogen) atoms. The van der Waals surface area contributed by atoms with Crippen molar-refractivity contribution in [3.63, 3.8) is 0 Å². The Hall–Kier alpha value is -1.76. The van der Waals surface area contributed by atoms with Crippen molar-refractivity contribution in [2.45, 2.75) is 86.5 Å². The van der Waals surface area contributed by atoms with Crippen LogP contribution in [0.5, 0.6) is 0 Å². The number of likely N-dealkylation sites (N-methyl/N-ethyl adjacent to an activating group) is 1. The van der Waals surface area contributed by atoms with Gasteiger partial charge in [-0.25, -0.2) is 0 Å². The molecule has 0 bridgehead atoms. The number of rotatable bonds is 19. The molecule has 0 rings (SSSR count). The van der Waals surface area contributed by atoms with E-state index in [2.05, 4.69) is 9.26 Å². The van der Waals surface area contributed by atoms with Gasteiger partial charge in [0.05, 0.1) is 51.1 Å². The first-order chi connectivity index (χ1) is 20.2. The van der Waals surface area contributed by atoms with E-state index in [1.165, 1.54) is 14.0 Å². The van der Waals surface area contributed by atoms with Crippen LogP contribution in [0.3, 0.4) is 0 Å². The molecule has 15 heteroatoms. The second kappa shape index (κ2) is 19.2. The Kier molecular flexibility index (Phi) is 19.3. The van der Waals surface area contributed by atoms with Gasteiger partial charge in [-0.05, 0) is 67.7 Å². The SMILES string of the molecule is CCC(C)(C)C(=O)OC.CCC(C)(C)C(=O)OCCOC(=O)C(C)(C)CC(C)(Cl)C(=O)OCCOP(=O)([O-])OCC[N+](C)(C)C. The number of quaternary nitrogens is 1. The van der Waals surface area contributed by atoms with E-state index in [1.807, 2.05) is 48.8 Å². The largest absolute Gasteiger partial charge is 0.756 e. The Morgan fingerprint density at radius 1 is 0.667 bits per heavy atom. The van der Waals surface area contributed by atoms with Gasteiger partial charge in [-0.2, -0.15) is 0 Å². The van der Waals surface area contributed by atoms with Crippen LogP contribution in [-0.4, -0.2) is 101 Å². The summed E-state index contributed by atoms with van der Waals surface area (Å²) >= 11 is 6.33. The van der Waals surface area contributed by atoms with E-state index in [9.17, 15) is 28.6 Å². The molecule has 2 unspecified atom stereocenters. The lowest BCUT2D eigenvalue weighted by atomic mass is 9.83. The fourth-order valence-corrected chi connectivity index (χ4v) is 4.16. The summed E-state index contributed by atoms with van der Waals surface area (Å²) in [6.45, 7) is 15.0. The molecule has 13 nitrogen and oxygen atoms in total. The first-order valence-corrected chi connectivity index (χ1v) is 16.7. The van der Waals surface area contributed by atoms with Gasteiger partial charge in [0.25, 0.3) is 7.82 Å². The standard InChI is InChI=1S/C23H43ClNO10P.C7H14O2/c1-10-21(2,3)18(26)31-13-14-32-19(27)22(4,5)17-23(6,24)20(28)33-15-16-35-36(29,30)34-12-11-25(7,8)9;1-5-7(2,3)6(8)9-4/h10-17H2,1-9H3;5H2,1-4H3. The minimum absolute atomic E-state index is 0.0475. The number of hydrogen-bond donors (Lipinski definition) is 0. The predicted octanol–water partition coefficient (Wildman–Crippen LogP) is 4.27. The lowest BCUT2D eigenvalue weighted by Gasteiger charge is -2.30. The van der Waals surface area contributed by atoms with Crippen molar-refractivity contribution in [2.24, 2.45) is 16.2 Å². The Labute approximate surface area is 274 Å².